The molecular formula is C17H19N5O2S. The zero-order valence-electron chi connectivity index (χ0n) is 13.8. The van der Waals surface area contributed by atoms with Crippen LogP contribution in [0.15, 0.2) is 40.1 Å². The number of thioether (sulfide) groups is 1. The van der Waals surface area contributed by atoms with Crippen molar-refractivity contribution in [2.24, 2.45) is 0 Å². The van der Waals surface area contributed by atoms with E-state index < -0.39 is 0 Å². The first kappa shape index (κ1) is 16.1. The van der Waals surface area contributed by atoms with E-state index in [0.29, 0.717) is 28.0 Å². The number of carbonyl (C=O) groups is 1. The molecule has 0 bridgehead atoms. The van der Waals surface area contributed by atoms with Crippen LogP contribution < -0.4 is 0 Å². The van der Waals surface area contributed by atoms with E-state index in [9.17, 15) is 4.79 Å². The minimum absolute atomic E-state index is 0.158. The molecule has 130 valence electrons. The van der Waals surface area contributed by atoms with Crippen molar-refractivity contribution < 1.29 is 9.21 Å². The molecule has 1 fully saturated rings. The van der Waals surface area contributed by atoms with Gasteiger partial charge in [0.15, 0.2) is 11.4 Å². The van der Waals surface area contributed by atoms with Crippen LogP contribution in [0, 0.1) is 0 Å². The number of hydrogen-bond donors (Lipinski definition) is 0. The van der Waals surface area contributed by atoms with E-state index in [1.165, 1.54) is 24.6 Å². The maximum atomic E-state index is 12.4. The largest absolute Gasteiger partial charge is 0.463 e. The predicted molar refractivity (Wildman–Crippen MR) is 94.3 cm³/mol. The predicted octanol–water partition coefficient (Wildman–Crippen LogP) is 2.88. The van der Waals surface area contributed by atoms with Crippen LogP contribution in [0.1, 0.15) is 25.7 Å². The Kier molecular flexibility index (Phi) is 4.69. The number of aromatic nitrogens is 4. The molecule has 1 aliphatic heterocycles. The minimum Gasteiger partial charge on any atom is -0.463 e. The van der Waals surface area contributed by atoms with Gasteiger partial charge in [0.2, 0.25) is 11.1 Å². The summed E-state index contributed by atoms with van der Waals surface area (Å²) in [4.78, 5) is 14.4. The lowest BCUT2D eigenvalue weighted by molar-refractivity contribution is -0.128. The van der Waals surface area contributed by atoms with Gasteiger partial charge >= 0.3 is 0 Å². The van der Waals surface area contributed by atoms with Crippen molar-refractivity contribution in [2.75, 3.05) is 18.8 Å². The fourth-order valence-corrected chi connectivity index (χ4v) is 3.74. The Hall–Kier alpha value is -2.35. The van der Waals surface area contributed by atoms with Crippen molar-refractivity contribution in [3.05, 3.63) is 30.5 Å². The average molecular weight is 357 g/mol. The molecule has 4 heterocycles. The number of furan rings is 1. The second-order valence-electron chi connectivity index (χ2n) is 6.03. The van der Waals surface area contributed by atoms with Gasteiger partial charge < -0.3 is 9.32 Å². The fourth-order valence-electron chi connectivity index (χ4n) is 2.95. The molecule has 25 heavy (non-hydrogen) atoms. The van der Waals surface area contributed by atoms with E-state index in [4.69, 9.17) is 4.42 Å². The highest BCUT2D eigenvalue weighted by Crippen LogP contribution is 2.21. The van der Waals surface area contributed by atoms with E-state index in [-0.39, 0.29) is 5.91 Å². The Labute approximate surface area is 149 Å². The Balaban J connectivity index is 1.49. The number of nitrogens with zero attached hydrogens (tertiary/aromatic N) is 5. The van der Waals surface area contributed by atoms with Crippen LogP contribution in [-0.2, 0) is 4.79 Å². The summed E-state index contributed by atoms with van der Waals surface area (Å²) in [6, 6.07) is 7.37. The molecule has 1 saturated heterocycles. The first-order chi connectivity index (χ1) is 12.3. The standard InChI is InChI=1S/C17H19N5O2S/c23-16(21-9-3-1-2-4-10-21)12-25-17-19-18-15-8-7-13(20-22(15)17)14-6-5-11-24-14/h5-8,11H,1-4,9-10,12H2. The minimum atomic E-state index is 0.158. The molecule has 7 nitrogen and oxygen atoms in total. The quantitative estimate of drug-likeness (QED) is 0.668. The van der Waals surface area contributed by atoms with Crippen LogP contribution in [0.3, 0.4) is 0 Å². The lowest BCUT2D eigenvalue weighted by Crippen LogP contribution is -2.33. The summed E-state index contributed by atoms with van der Waals surface area (Å²) < 4.78 is 7.05. The summed E-state index contributed by atoms with van der Waals surface area (Å²) in [5, 5.41) is 13.4. The van der Waals surface area contributed by atoms with Crippen molar-refractivity contribution in [1.29, 1.82) is 0 Å². The van der Waals surface area contributed by atoms with Crippen molar-refractivity contribution in [1.82, 2.24) is 24.7 Å². The number of carbonyl (C=O) groups excluding carboxylic acids is 1. The molecule has 0 radical (unpaired) electrons. The molecular weight excluding hydrogens is 338 g/mol. The second kappa shape index (κ2) is 7.26. The molecule has 8 heteroatoms. The van der Waals surface area contributed by atoms with Gasteiger partial charge in [-0.05, 0) is 37.1 Å². The number of amides is 1. The zero-order chi connectivity index (χ0) is 17.1. The smallest absolute Gasteiger partial charge is 0.233 e. The maximum Gasteiger partial charge on any atom is 0.233 e. The monoisotopic (exact) mass is 357 g/mol. The third kappa shape index (κ3) is 3.53. The first-order valence-electron chi connectivity index (χ1n) is 8.48. The molecule has 0 N–H and O–H groups in total. The van der Waals surface area contributed by atoms with Crippen LogP contribution in [0.5, 0.6) is 0 Å². The van der Waals surface area contributed by atoms with E-state index in [1.54, 1.807) is 10.8 Å². The van der Waals surface area contributed by atoms with Gasteiger partial charge in [0, 0.05) is 13.1 Å². The lowest BCUT2D eigenvalue weighted by Gasteiger charge is -2.19. The van der Waals surface area contributed by atoms with Gasteiger partial charge in [-0.2, -0.15) is 9.61 Å². The van der Waals surface area contributed by atoms with Gasteiger partial charge in [-0.15, -0.1) is 10.2 Å². The van der Waals surface area contributed by atoms with Crippen molar-refractivity contribution in [3.8, 4) is 11.5 Å². The molecule has 4 rings (SSSR count). The number of likely N-dealkylation sites (tertiary alicyclic amines) is 1. The van der Waals surface area contributed by atoms with Crippen molar-refractivity contribution >= 4 is 23.3 Å². The highest BCUT2D eigenvalue weighted by molar-refractivity contribution is 7.99. The Bertz CT molecular complexity index is 853. The first-order valence-corrected chi connectivity index (χ1v) is 9.47. The van der Waals surface area contributed by atoms with Gasteiger partial charge in [0.25, 0.3) is 0 Å². The number of rotatable bonds is 4. The third-order valence-electron chi connectivity index (χ3n) is 4.29. The summed E-state index contributed by atoms with van der Waals surface area (Å²) in [6.07, 6.45) is 6.23. The van der Waals surface area contributed by atoms with Crippen LogP contribution in [0.25, 0.3) is 17.1 Å². The van der Waals surface area contributed by atoms with Gasteiger partial charge in [-0.3, -0.25) is 4.79 Å². The van der Waals surface area contributed by atoms with Crippen LogP contribution in [0.4, 0.5) is 0 Å². The molecule has 0 atom stereocenters. The Morgan fingerprint density at radius 3 is 2.72 bits per heavy atom. The molecule has 0 aliphatic carbocycles. The molecule has 3 aromatic rings. The van der Waals surface area contributed by atoms with Gasteiger partial charge in [-0.1, -0.05) is 24.6 Å². The molecule has 0 aromatic carbocycles. The molecule has 1 aliphatic rings. The van der Waals surface area contributed by atoms with Crippen molar-refractivity contribution in [2.45, 2.75) is 30.8 Å². The lowest BCUT2D eigenvalue weighted by atomic mass is 10.2. The summed E-state index contributed by atoms with van der Waals surface area (Å²) in [7, 11) is 0. The van der Waals surface area contributed by atoms with E-state index >= 15 is 0 Å². The van der Waals surface area contributed by atoms with Gasteiger partial charge in [0.05, 0.1) is 12.0 Å². The summed E-state index contributed by atoms with van der Waals surface area (Å²) in [5.41, 5.74) is 1.36. The Morgan fingerprint density at radius 1 is 1.12 bits per heavy atom. The summed E-state index contributed by atoms with van der Waals surface area (Å²) >= 11 is 1.38. The van der Waals surface area contributed by atoms with Gasteiger partial charge in [0.1, 0.15) is 5.69 Å². The fraction of sp³-hybridized carbons (Fsp3) is 0.412. The van der Waals surface area contributed by atoms with E-state index in [1.807, 2.05) is 29.2 Å². The normalized spacial score (nSPS) is 15.4. The highest BCUT2D eigenvalue weighted by atomic mass is 32.2. The number of fused-ring (bicyclic) bond motifs is 1. The maximum absolute atomic E-state index is 12.4. The van der Waals surface area contributed by atoms with E-state index in [2.05, 4.69) is 15.3 Å². The molecule has 0 unspecified atom stereocenters. The Morgan fingerprint density at radius 2 is 1.96 bits per heavy atom. The SMILES string of the molecule is O=C(CSc1nnc2ccc(-c3ccco3)nn12)N1CCCCCC1. The zero-order valence-corrected chi connectivity index (χ0v) is 14.6. The molecule has 3 aromatic heterocycles. The summed E-state index contributed by atoms with van der Waals surface area (Å²) in [5.74, 6) is 1.20. The molecule has 1 amide bonds. The molecule has 0 spiro atoms. The van der Waals surface area contributed by atoms with E-state index in [0.717, 1.165) is 25.9 Å². The summed E-state index contributed by atoms with van der Waals surface area (Å²) in [6.45, 7) is 1.72. The molecule has 0 saturated carbocycles. The third-order valence-corrected chi connectivity index (χ3v) is 5.20. The highest BCUT2D eigenvalue weighted by Gasteiger charge is 2.17. The second-order valence-corrected chi connectivity index (χ2v) is 6.97. The topological polar surface area (TPSA) is 76.5 Å². The van der Waals surface area contributed by atoms with Crippen LogP contribution in [0.2, 0.25) is 0 Å². The van der Waals surface area contributed by atoms with Crippen LogP contribution in [-0.4, -0.2) is 49.5 Å². The number of hydrogen-bond acceptors (Lipinski definition) is 6. The van der Waals surface area contributed by atoms with Gasteiger partial charge in [-0.25, -0.2) is 0 Å². The van der Waals surface area contributed by atoms with Crippen molar-refractivity contribution in [3.63, 3.8) is 0 Å². The average Bonchev–Trinajstić information content (AvgIpc) is 3.22. The van der Waals surface area contributed by atoms with Crippen LogP contribution >= 0.6 is 11.8 Å².